The van der Waals surface area contributed by atoms with Crippen molar-refractivity contribution in [3.05, 3.63) is 93.5 Å². The van der Waals surface area contributed by atoms with Crippen molar-refractivity contribution in [2.24, 2.45) is 5.10 Å². The average Bonchev–Trinajstić information content (AvgIpc) is 2.84. The third kappa shape index (κ3) is 6.97. The maximum Gasteiger partial charge on any atom is 0.329 e. The summed E-state index contributed by atoms with van der Waals surface area (Å²) >= 11 is 12.0. The fraction of sp³-hybridized carbons (Fsp3) is 0.125. The van der Waals surface area contributed by atoms with Gasteiger partial charge in [-0.05, 0) is 35.4 Å². The van der Waals surface area contributed by atoms with Crippen molar-refractivity contribution in [2.75, 3.05) is 7.11 Å². The third-order valence-electron chi connectivity index (χ3n) is 4.47. The Labute approximate surface area is 201 Å². The predicted molar refractivity (Wildman–Crippen MR) is 128 cm³/mol. The van der Waals surface area contributed by atoms with Gasteiger partial charge in [-0.15, -0.1) is 0 Å². The number of amides is 2. The Morgan fingerprint density at radius 3 is 2.45 bits per heavy atom. The minimum atomic E-state index is -0.886. The summed E-state index contributed by atoms with van der Waals surface area (Å²) < 4.78 is 11.3. The lowest BCUT2D eigenvalue weighted by Crippen LogP contribution is -2.37. The molecule has 0 saturated carbocycles. The first-order valence-corrected chi connectivity index (χ1v) is 10.6. The van der Waals surface area contributed by atoms with Crippen LogP contribution in [0.25, 0.3) is 0 Å². The lowest BCUT2D eigenvalue weighted by atomic mass is 10.2. The predicted octanol–water partition coefficient (Wildman–Crippen LogP) is 4.35. The Morgan fingerprint density at radius 2 is 1.73 bits per heavy atom. The number of hydrogen-bond donors (Lipinski definition) is 2. The van der Waals surface area contributed by atoms with Crippen LogP contribution in [0.4, 0.5) is 0 Å². The van der Waals surface area contributed by atoms with E-state index in [1.54, 1.807) is 36.4 Å². The monoisotopic (exact) mass is 485 g/mol. The van der Waals surface area contributed by atoms with E-state index in [0.717, 1.165) is 11.1 Å². The van der Waals surface area contributed by atoms with E-state index in [1.165, 1.54) is 13.3 Å². The molecule has 0 aliphatic carbocycles. The Kier molecular flexibility index (Phi) is 8.69. The summed E-state index contributed by atoms with van der Waals surface area (Å²) in [5.74, 6) is -0.787. The fourth-order valence-electron chi connectivity index (χ4n) is 2.80. The second kappa shape index (κ2) is 11.9. The van der Waals surface area contributed by atoms with Crippen LogP contribution in [0.15, 0.2) is 71.8 Å². The number of ether oxygens (including phenoxy) is 2. The van der Waals surface area contributed by atoms with Gasteiger partial charge in [0.05, 0.1) is 23.4 Å². The molecule has 0 heterocycles. The van der Waals surface area contributed by atoms with Crippen molar-refractivity contribution in [3.8, 4) is 11.5 Å². The van der Waals surface area contributed by atoms with Crippen LogP contribution in [0.2, 0.25) is 10.0 Å². The van der Waals surface area contributed by atoms with Gasteiger partial charge in [0.1, 0.15) is 6.61 Å². The molecular formula is C24H21Cl2N3O4. The molecule has 0 atom stereocenters. The van der Waals surface area contributed by atoms with Crippen molar-refractivity contribution in [3.63, 3.8) is 0 Å². The summed E-state index contributed by atoms with van der Waals surface area (Å²) in [6, 6.07) is 19.7. The van der Waals surface area contributed by atoms with Crippen molar-refractivity contribution in [1.29, 1.82) is 0 Å². The standard InChI is InChI=1S/C24H21Cl2N3O4/c1-32-21-9-5-8-18(22(21)33-15-17-10-11-19(25)20(26)12-17)14-28-29-24(31)23(30)27-13-16-6-3-2-4-7-16/h2-12,14H,13,15H2,1H3,(H,27,30)(H,29,31)/b28-14-. The average molecular weight is 486 g/mol. The molecule has 0 aliphatic rings. The molecule has 0 fully saturated rings. The van der Waals surface area contributed by atoms with E-state index in [-0.39, 0.29) is 13.2 Å². The second-order valence-electron chi connectivity index (χ2n) is 6.78. The van der Waals surface area contributed by atoms with Gasteiger partial charge in [0.15, 0.2) is 11.5 Å². The molecule has 33 heavy (non-hydrogen) atoms. The van der Waals surface area contributed by atoms with Gasteiger partial charge < -0.3 is 14.8 Å². The van der Waals surface area contributed by atoms with Crippen LogP contribution in [0.1, 0.15) is 16.7 Å². The number of rotatable bonds is 8. The summed E-state index contributed by atoms with van der Waals surface area (Å²) in [4.78, 5) is 24.0. The molecule has 0 unspecified atom stereocenters. The van der Waals surface area contributed by atoms with Gasteiger partial charge in [0, 0.05) is 12.1 Å². The molecule has 0 aliphatic heterocycles. The number of halogens is 2. The van der Waals surface area contributed by atoms with Gasteiger partial charge in [-0.1, -0.05) is 65.7 Å². The molecule has 9 heteroatoms. The number of hydrazone groups is 1. The first kappa shape index (κ1) is 24.1. The number of carbonyl (C=O) groups is 2. The lowest BCUT2D eigenvalue weighted by molar-refractivity contribution is -0.139. The minimum absolute atomic E-state index is 0.201. The van der Waals surface area contributed by atoms with E-state index in [0.29, 0.717) is 27.1 Å². The molecule has 3 rings (SSSR count). The molecule has 2 amide bonds. The molecular weight excluding hydrogens is 465 g/mol. The Bertz CT molecular complexity index is 1150. The fourth-order valence-corrected chi connectivity index (χ4v) is 3.12. The maximum atomic E-state index is 12.0. The number of carbonyl (C=O) groups excluding carboxylic acids is 2. The van der Waals surface area contributed by atoms with E-state index in [1.807, 2.05) is 30.3 Å². The highest BCUT2D eigenvalue weighted by atomic mass is 35.5. The van der Waals surface area contributed by atoms with Crippen LogP contribution in [0.5, 0.6) is 11.5 Å². The minimum Gasteiger partial charge on any atom is -0.493 e. The first-order chi connectivity index (χ1) is 16.0. The van der Waals surface area contributed by atoms with Crippen LogP contribution >= 0.6 is 23.2 Å². The molecule has 3 aromatic carbocycles. The quantitative estimate of drug-likeness (QED) is 0.282. The number of benzene rings is 3. The summed E-state index contributed by atoms with van der Waals surface area (Å²) in [6.07, 6.45) is 1.37. The molecule has 7 nitrogen and oxygen atoms in total. The molecule has 170 valence electrons. The summed E-state index contributed by atoms with van der Waals surface area (Å²) in [6.45, 7) is 0.436. The van der Waals surface area contributed by atoms with Gasteiger partial charge in [0.2, 0.25) is 0 Å². The largest absolute Gasteiger partial charge is 0.493 e. The highest BCUT2D eigenvalue weighted by Crippen LogP contribution is 2.31. The Morgan fingerprint density at radius 1 is 0.939 bits per heavy atom. The smallest absolute Gasteiger partial charge is 0.329 e. The van der Waals surface area contributed by atoms with E-state index in [9.17, 15) is 9.59 Å². The van der Waals surface area contributed by atoms with Crippen LogP contribution < -0.4 is 20.2 Å². The number of methoxy groups -OCH3 is 1. The van der Waals surface area contributed by atoms with E-state index >= 15 is 0 Å². The Hall–Kier alpha value is -3.55. The van der Waals surface area contributed by atoms with Gasteiger partial charge >= 0.3 is 11.8 Å². The molecule has 0 radical (unpaired) electrons. The van der Waals surface area contributed by atoms with Gasteiger partial charge in [-0.25, -0.2) is 5.43 Å². The Balaban J connectivity index is 1.62. The molecule has 0 spiro atoms. The van der Waals surface area contributed by atoms with E-state index in [4.69, 9.17) is 32.7 Å². The van der Waals surface area contributed by atoms with Crippen molar-refractivity contribution in [1.82, 2.24) is 10.7 Å². The zero-order valence-electron chi connectivity index (χ0n) is 17.7. The van der Waals surface area contributed by atoms with Gasteiger partial charge in [-0.3, -0.25) is 9.59 Å². The number of nitrogens with one attached hydrogen (secondary N) is 2. The second-order valence-corrected chi connectivity index (χ2v) is 7.60. The van der Waals surface area contributed by atoms with Crippen molar-refractivity contribution < 1.29 is 19.1 Å². The number of para-hydroxylation sites is 1. The van der Waals surface area contributed by atoms with Gasteiger partial charge in [-0.2, -0.15) is 5.10 Å². The molecule has 0 saturated heterocycles. The van der Waals surface area contributed by atoms with E-state index in [2.05, 4.69) is 15.8 Å². The normalized spacial score (nSPS) is 10.6. The molecule has 3 aromatic rings. The number of nitrogens with zero attached hydrogens (tertiary/aromatic N) is 1. The van der Waals surface area contributed by atoms with E-state index < -0.39 is 11.8 Å². The van der Waals surface area contributed by atoms with Crippen LogP contribution in [0, 0.1) is 0 Å². The molecule has 0 aromatic heterocycles. The van der Waals surface area contributed by atoms with Crippen molar-refractivity contribution in [2.45, 2.75) is 13.2 Å². The SMILES string of the molecule is COc1cccc(/C=N\NC(=O)C(=O)NCc2ccccc2)c1OCc1ccc(Cl)c(Cl)c1. The highest BCUT2D eigenvalue weighted by molar-refractivity contribution is 6.42. The summed E-state index contributed by atoms with van der Waals surface area (Å²) in [5.41, 5.74) is 4.43. The lowest BCUT2D eigenvalue weighted by Gasteiger charge is -2.13. The highest BCUT2D eigenvalue weighted by Gasteiger charge is 2.13. The van der Waals surface area contributed by atoms with Gasteiger partial charge in [0.25, 0.3) is 0 Å². The topological polar surface area (TPSA) is 89.0 Å². The third-order valence-corrected chi connectivity index (χ3v) is 5.21. The van der Waals surface area contributed by atoms with Crippen LogP contribution in [0.3, 0.4) is 0 Å². The maximum absolute atomic E-state index is 12.0. The van der Waals surface area contributed by atoms with Crippen LogP contribution in [-0.4, -0.2) is 25.1 Å². The van der Waals surface area contributed by atoms with Crippen LogP contribution in [-0.2, 0) is 22.7 Å². The molecule has 2 N–H and O–H groups in total. The first-order valence-electron chi connectivity index (χ1n) is 9.87. The number of hydrogen-bond acceptors (Lipinski definition) is 5. The van der Waals surface area contributed by atoms with Crippen molar-refractivity contribution >= 4 is 41.2 Å². The summed E-state index contributed by atoms with van der Waals surface area (Å²) in [5, 5.41) is 7.29. The molecule has 0 bridgehead atoms. The zero-order valence-corrected chi connectivity index (χ0v) is 19.2. The zero-order chi connectivity index (χ0) is 23.6. The summed E-state index contributed by atoms with van der Waals surface area (Å²) in [7, 11) is 1.52.